The van der Waals surface area contributed by atoms with Gasteiger partial charge in [-0.1, -0.05) is 39.7 Å². The number of halogens is 9. The summed E-state index contributed by atoms with van der Waals surface area (Å²) in [4.78, 5) is 26.8. The van der Waals surface area contributed by atoms with Gasteiger partial charge in [-0.25, -0.2) is 37.5 Å². The third-order valence-corrected chi connectivity index (χ3v) is 13.6. The first-order chi connectivity index (χ1) is 35.8. The number of fused-ring (bicyclic) bond motifs is 8. The van der Waals surface area contributed by atoms with E-state index in [9.17, 15) is 26.3 Å². The van der Waals surface area contributed by atoms with Gasteiger partial charge in [0.15, 0.2) is 11.5 Å². The fourth-order valence-electron chi connectivity index (χ4n) is 9.38. The molecular weight excluding hydrogens is 1110 g/mol. The lowest BCUT2D eigenvalue weighted by Crippen LogP contribution is -2.33. The number of aliphatic imine (C=N–C) groups is 2. The summed E-state index contributed by atoms with van der Waals surface area (Å²) in [5.74, 6) is -3.08. The van der Waals surface area contributed by atoms with Crippen LogP contribution < -0.4 is 36.6 Å². The summed E-state index contributed by atoms with van der Waals surface area (Å²) >= 11 is 9.65. The van der Waals surface area contributed by atoms with Gasteiger partial charge in [-0.15, -0.1) is 12.4 Å². The Kier molecular flexibility index (Phi) is 17.2. The third-order valence-electron chi connectivity index (χ3n) is 12.9. The summed E-state index contributed by atoms with van der Waals surface area (Å²) in [5.41, 5.74) is 14.4. The number of hydrogen-bond donors (Lipinski definition) is 5. The quantitative estimate of drug-likeness (QED) is 0.0648. The molecule has 0 unspecified atom stereocenters. The summed E-state index contributed by atoms with van der Waals surface area (Å²) in [6, 6.07) is 20.7. The van der Waals surface area contributed by atoms with Gasteiger partial charge in [0.05, 0.1) is 38.7 Å². The van der Waals surface area contributed by atoms with Crippen molar-refractivity contribution in [3.63, 3.8) is 0 Å². The van der Waals surface area contributed by atoms with E-state index in [0.717, 1.165) is 21.3 Å². The van der Waals surface area contributed by atoms with Crippen LogP contribution in [0.25, 0.3) is 11.1 Å². The minimum absolute atomic E-state index is 0. The highest BCUT2D eigenvalue weighted by atomic mass is 79.9. The van der Waals surface area contributed by atoms with Crippen molar-refractivity contribution in [2.75, 3.05) is 57.5 Å². The zero-order chi connectivity index (χ0) is 53.1. The van der Waals surface area contributed by atoms with Crippen LogP contribution in [-0.2, 0) is 20.6 Å². The van der Waals surface area contributed by atoms with Crippen molar-refractivity contribution < 1.29 is 55.3 Å². The van der Waals surface area contributed by atoms with E-state index in [1.54, 1.807) is 47.5 Å². The molecule has 6 aliphatic heterocycles. The van der Waals surface area contributed by atoms with Crippen LogP contribution in [0, 0.1) is 11.9 Å². The second kappa shape index (κ2) is 23.2. The van der Waals surface area contributed by atoms with Gasteiger partial charge in [0.25, 0.3) is 11.8 Å². The Hall–Kier alpha value is -6.12. The molecule has 4 aromatic heterocycles. The Morgan fingerprint density at radius 3 is 1.83 bits per heavy atom. The molecule has 2 atom stereocenters. The van der Waals surface area contributed by atoms with Crippen molar-refractivity contribution in [1.29, 1.82) is 0 Å². The normalized spacial score (nSPS) is 21.2. The topological polar surface area (TPSA) is 221 Å². The van der Waals surface area contributed by atoms with E-state index in [1.165, 1.54) is 30.7 Å². The smallest absolute Gasteiger partial charge is 0.455 e. The zero-order valence-electron chi connectivity index (χ0n) is 40.0. The Balaban J connectivity index is 0.000000159. The summed E-state index contributed by atoms with van der Waals surface area (Å²) in [6.07, 6.45) is 6.65. The van der Waals surface area contributed by atoms with Crippen LogP contribution in [0.15, 0.2) is 112 Å². The maximum absolute atomic E-state index is 14.5. The molecule has 2 spiro atoms. The van der Waals surface area contributed by atoms with Gasteiger partial charge in [-0.05, 0) is 66.2 Å². The molecule has 2 aromatic carbocycles. The number of hydrogen-bond acceptors (Lipinski definition) is 16. The second-order valence-electron chi connectivity index (χ2n) is 18.0. The van der Waals surface area contributed by atoms with Gasteiger partial charge in [0, 0.05) is 88.9 Å². The predicted octanol–water partition coefficient (Wildman–Crippen LogP) is 7.82. The molecule has 0 amide bonds. The standard InChI is InChI=1S/C25H22F3N5O2.C16H13BrClN3O2.C5H5BFNO2.C4H7F2N.ClH/c26-23-16(2-1-7-30-23)15-3-4-19-17(10-15)25(6-9-34-13-21(29)32-25)18-11-22(31-12-20(18)35-19)33-8-5-24(27,28)14-33;17-9-1-2-12-10(5-9)16(3-4-22-8-15(19)21-16)11-6-14(18)20-7-13(11)23-12;7-5-4(6(9)10)2-1-3-8-5;5-4(6)1-2-7-3-4;/h1-4,7,10-12H,5-6,8-9,13-14H2,(H2,29,32);1-2,5-7H,3-4,8H2,(H2,19,21);1-3,9-10H;7H,1-3H2;1H/t25-;16-;;;/m00.../s1. The van der Waals surface area contributed by atoms with Crippen LogP contribution in [0.3, 0.4) is 0 Å². The molecule has 0 bridgehead atoms. The van der Waals surface area contributed by atoms with Crippen LogP contribution >= 0.6 is 39.9 Å². The lowest BCUT2D eigenvalue weighted by molar-refractivity contribution is 0.0235. The third kappa shape index (κ3) is 12.2. The fourth-order valence-corrected chi connectivity index (χ4v) is 9.90. The summed E-state index contributed by atoms with van der Waals surface area (Å²) in [5, 5.41) is 19.9. The molecule has 6 aliphatic rings. The highest BCUT2D eigenvalue weighted by molar-refractivity contribution is 9.10. The number of aromatic nitrogens is 4. The van der Waals surface area contributed by atoms with Crippen molar-refractivity contribution in [1.82, 2.24) is 25.3 Å². The molecule has 0 radical (unpaired) electrons. The monoisotopic (exact) mass is 1160 g/mol. The molecular formula is C50H48BBrCl2F6N10O6. The molecule has 6 aromatic rings. The maximum atomic E-state index is 14.5. The highest BCUT2D eigenvalue weighted by Crippen LogP contribution is 2.54. The van der Waals surface area contributed by atoms with E-state index in [2.05, 4.69) is 41.2 Å². The molecule has 2 fully saturated rings. The van der Waals surface area contributed by atoms with Gasteiger partial charge < -0.3 is 50.7 Å². The van der Waals surface area contributed by atoms with E-state index in [1.807, 2.05) is 24.3 Å². The van der Waals surface area contributed by atoms with Crippen molar-refractivity contribution in [2.24, 2.45) is 21.5 Å². The molecule has 2 saturated heterocycles. The van der Waals surface area contributed by atoms with Gasteiger partial charge in [0.2, 0.25) is 11.9 Å². The fraction of sp³-hybridized carbons (Fsp3) is 0.320. The van der Waals surface area contributed by atoms with E-state index in [-0.39, 0.29) is 50.4 Å². The molecule has 16 nitrogen and oxygen atoms in total. The number of ether oxygens (including phenoxy) is 4. The number of pyridine rings is 4. The Morgan fingerprint density at radius 1 is 0.684 bits per heavy atom. The minimum atomic E-state index is -2.76. The van der Waals surface area contributed by atoms with Crippen molar-refractivity contribution in [3.8, 4) is 34.1 Å². The van der Waals surface area contributed by atoms with Gasteiger partial charge in [0.1, 0.15) is 58.4 Å². The average Bonchev–Trinajstić information content (AvgIpc) is 3.90. The lowest BCUT2D eigenvalue weighted by Gasteiger charge is -2.37. The van der Waals surface area contributed by atoms with Gasteiger partial charge in [-0.2, -0.15) is 8.78 Å². The van der Waals surface area contributed by atoms with Crippen molar-refractivity contribution in [2.45, 2.75) is 48.6 Å². The number of alkyl halides is 4. The van der Waals surface area contributed by atoms with Gasteiger partial charge >= 0.3 is 7.12 Å². The first-order valence-electron chi connectivity index (χ1n) is 23.4. The van der Waals surface area contributed by atoms with E-state index in [4.69, 9.17) is 62.0 Å². The molecule has 7 N–H and O–H groups in total. The number of anilines is 1. The van der Waals surface area contributed by atoms with E-state index in [0.29, 0.717) is 101 Å². The minimum Gasteiger partial charge on any atom is -0.455 e. The number of nitrogens with zero attached hydrogens (tertiary/aromatic N) is 7. The molecule has 26 heteroatoms. The lowest BCUT2D eigenvalue weighted by atomic mass is 9.77. The molecule has 0 saturated carbocycles. The molecule has 10 heterocycles. The summed E-state index contributed by atoms with van der Waals surface area (Å²) < 4.78 is 103. The first-order valence-corrected chi connectivity index (χ1v) is 24.6. The largest absolute Gasteiger partial charge is 0.493 e. The van der Waals surface area contributed by atoms with Crippen LogP contribution in [0.2, 0.25) is 5.15 Å². The van der Waals surface area contributed by atoms with E-state index < -0.39 is 48.5 Å². The summed E-state index contributed by atoms with van der Waals surface area (Å²) in [6.45, 7) is 1.51. The molecule has 76 heavy (non-hydrogen) atoms. The molecule has 400 valence electrons. The zero-order valence-corrected chi connectivity index (χ0v) is 43.2. The first kappa shape index (κ1) is 56.1. The van der Waals surface area contributed by atoms with Crippen LogP contribution in [-0.4, -0.2) is 113 Å². The Morgan fingerprint density at radius 2 is 1.28 bits per heavy atom. The number of amidine groups is 2. The number of nitrogens with one attached hydrogen (secondary N) is 1. The van der Waals surface area contributed by atoms with Crippen LogP contribution in [0.4, 0.5) is 32.2 Å². The SMILES string of the molecule is Cl.FC1(F)CCNC1.NC1=N[C@@]2(CCOC1)c1cc(-c3cccnc3F)ccc1Oc1cnc(N3CCC(F)(F)C3)cc12.NC1=N[C@@]2(CCOC1)c1cc(Br)ccc1Oc1cnc(Cl)cc12.OB(O)c1cccnc1F. The highest BCUT2D eigenvalue weighted by Gasteiger charge is 2.47. The summed E-state index contributed by atoms with van der Waals surface area (Å²) in [7, 11) is -1.78. The average molecular weight is 1160 g/mol. The number of benzene rings is 2. The van der Waals surface area contributed by atoms with Crippen molar-refractivity contribution in [3.05, 3.63) is 141 Å². The Labute approximate surface area is 451 Å². The second-order valence-corrected chi connectivity index (χ2v) is 19.3. The van der Waals surface area contributed by atoms with E-state index >= 15 is 0 Å². The molecule has 12 rings (SSSR count). The van der Waals surface area contributed by atoms with Crippen molar-refractivity contribution >= 4 is 70.0 Å². The van der Waals surface area contributed by atoms with Crippen LogP contribution in [0.1, 0.15) is 47.9 Å². The molecule has 0 aliphatic carbocycles. The van der Waals surface area contributed by atoms with Crippen LogP contribution in [0.5, 0.6) is 23.0 Å². The number of rotatable bonds is 3. The maximum Gasteiger partial charge on any atom is 0.493 e. The Bertz CT molecular complexity index is 3100. The van der Waals surface area contributed by atoms with Gasteiger partial charge in [-0.3, -0.25) is 9.98 Å². The number of nitrogens with two attached hydrogens (primary N) is 2. The predicted molar refractivity (Wildman–Crippen MR) is 279 cm³/mol.